The van der Waals surface area contributed by atoms with Crippen LogP contribution in [0, 0.1) is 0 Å². The highest BCUT2D eigenvalue weighted by atomic mass is 16.6. The average molecular weight is 284 g/mol. The first-order valence-corrected chi connectivity index (χ1v) is 6.89. The molecule has 1 aliphatic heterocycles. The van der Waals surface area contributed by atoms with Gasteiger partial charge in [0.25, 0.3) is 0 Å². The number of carbonyl (C=O) groups excluding carboxylic acids is 1. The van der Waals surface area contributed by atoms with Crippen molar-refractivity contribution in [2.75, 3.05) is 0 Å². The molecule has 3 rings (SSSR count). The van der Waals surface area contributed by atoms with Gasteiger partial charge in [0.15, 0.2) is 6.10 Å². The van der Waals surface area contributed by atoms with E-state index in [4.69, 9.17) is 9.47 Å². The van der Waals surface area contributed by atoms with Crippen molar-refractivity contribution in [1.82, 2.24) is 0 Å². The quantitative estimate of drug-likeness (QED) is 0.876. The molecular formula is C17H16O4. The first kappa shape index (κ1) is 13.6. The summed E-state index contributed by atoms with van der Waals surface area (Å²) in [5.74, 6) is 0.188. The molecule has 0 amide bonds. The summed E-state index contributed by atoms with van der Waals surface area (Å²) in [6.45, 7) is 0. The van der Waals surface area contributed by atoms with Crippen molar-refractivity contribution >= 4 is 5.97 Å². The maximum Gasteiger partial charge on any atom is 0.347 e. The van der Waals surface area contributed by atoms with Crippen molar-refractivity contribution in [2.45, 2.75) is 24.7 Å². The summed E-state index contributed by atoms with van der Waals surface area (Å²) in [5.41, 5.74) is 0.732. The van der Waals surface area contributed by atoms with Crippen LogP contribution in [-0.2, 0) is 9.53 Å². The van der Waals surface area contributed by atoms with Gasteiger partial charge in [-0.1, -0.05) is 48.5 Å². The lowest BCUT2D eigenvalue weighted by Gasteiger charge is -2.16. The third-order valence-electron chi connectivity index (χ3n) is 3.49. The second kappa shape index (κ2) is 5.97. The fraction of sp³-hybridized carbons (Fsp3) is 0.235. The Labute approximate surface area is 122 Å². The van der Waals surface area contributed by atoms with E-state index in [1.807, 2.05) is 48.5 Å². The van der Waals surface area contributed by atoms with E-state index in [0.717, 1.165) is 5.56 Å². The molecule has 0 saturated carbocycles. The summed E-state index contributed by atoms with van der Waals surface area (Å²) in [6, 6.07) is 18.3. The van der Waals surface area contributed by atoms with Gasteiger partial charge in [-0.3, -0.25) is 0 Å². The second-order valence-electron chi connectivity index (χ2n) is 4.99. The van der Waals surface area contributed by atoms with E-state index in [9.17, 15) is 9.90 Å². The Hall–Kier alpha value is -2.33. The van der Waals surface area contributed by atoms with Crippen LogP contribution in [0.15, 0.2) is 60.7 Å². The number of esters is 1. The van der Waals surface area contributed by atoms with Crippen LogP contribution in [0.25, 0.3) is 0 Å². The Morgan fingerprint density at radius 2 is 1.67 bits per heavy atom. The molecule has 2 aromatic carbocycles. The molecule has 4 nitrogen and oxygen atoms in total. The number of benzene rings is 2. The highest BCUT2D eigenvalue weighted by Gasteiger charge is 2.40. The van der Waals surface area contributed by atoms with Gasteiger partial charge in [0.05, 0.1) is 0 Å². The fourth-order valence-electron chi connectivity index (χ4n) is 2.40. The summed E-state index contributed by atoms with van der Waals surface area (Å²) in [7, 11) is 0. The highest BCUT2D eigenvalue weighted by Crippen LogP contribution is 2.29. The molecule has 0 bridgehead atoms. The zero-order chi connectivity index (χ0) is 14.7. The lowest BCUT2D eigenvalue weighted by Crippen LogP contribution is -2.21. The monoisotopic (exact) mass is 284 g/mol. The second-order valence-corrected chi connectivity index (χ2v) is 4.99. The van der Waals surface area contributed by atoms with E-state index in [2.05, 4.69) is 0 Å². The molecule has 1 aliphatic rings. The van der Waals surface area contributed by atoms with Crippen molar-refractivity contribution in [3.8, 4) is 5.75 Å². The molecule has 0 spiro atoms. The minimum absolute atomic E-state index is 0.337. The predicted octanol–water partition coefficient (Wildman–Crippen LogP) is 2.48. The highest BCUT2D eigenvalue weighted by molar-refractivity contribution is 5.77. The van der Waals surface area contributed by atoms with Crippen LogP contribution >= 0.6 is 0 Å². The molecule has 108 valence electrons. The SMILES string of the molecule is O=C1OC(C(O)c2ccccc2)CC1Oc1ccccc1. The van der Waals surface area contributed by atoms with Gasteiger partial charge >= 0.3 is 5.97 Å². The lowest BCUT2D eigenvalue weighted by atomic mass is 10.0. The smallest absolute Gasteiger partial charge is 0.347 e. The summed E-state index contributed by atoms with van der Waals surface area (Å²) in [4.78, 5) is 11.9. The molecule has 1 saturated heterocycles. The number of rotatable bonds is 4. The van der Waals surface area contributed by atoms with Crippen molar-refractivity contribution in [3.63, 3.8) is 0 Å². The molecule has 1 N–H and O–H groups in total. The molecular weight excluding hydrogens is 268 g/mol. The van der Waals surface area contributed by atoms with Gasteiger partial charge in [-0.05, 0) is 17.7 Å². The minimum atomic E-state index is -0.834. The van der Waals surface area contributed by atoms with Crippen LogP contribution in [0.4, 0.5) is 0 Å². The number of hydrogen-bond donors (Lipinski definition) is 1. The first-order chi connectivity index (χ1) is 10.2. The van der Waals surface area contributed by atoms with Crippen molar-refractivity contribution in [1.29, 1.82) is 0 Å². The Kier molecular flexibility index (Phi) is 3.88. The Balaban J connectivity index is 1.67. The van der Waals surface area contributed by atoms with Gasteiger partial charge in [-0.15, -0.1) is 0 Å². The van der Waals surface area contributed by atoms with Crippen molar-refractivity contribution < 1.29 is 19.4 Å². The number of para-hydroxylation sites is 1. The van der Waals surface area contributed by atoms with Gasteiger partial charge in [0.2, 0.25) is 0 Å². The molecule has 0 radical (unpaired) electrons. The number of hydrogen-bond acceptors (Lipinski definition) is 4. The number of aliphatic hydroxyl groups excluding tert-OH is 1. The van der Waals surface area contributed by atoms with Crippen LogP contribution < -0.4 is 4.74 Å². The van der Waals surface area contributed by atoms with Gasteiger partial charge < -0.3 is 14.6 Å². The predicted molar refractivity (Wildman–Crippen MR) is 76.8 cm³/mol. The lowest BCUT2D eigenvalue weighted by molar-refractivity contribution is -0.149. The Morgan fingerprint density at radius 1 is 1.05 bits per heavy atom. The third kappa shape index (κ3) is 3.06. The zero-order valence-corrected chi connectivity index (χ0v) is 11.4. The average Bonchev–Trinajstić information content (AvgIpc) is 2.89. The summed E-state index contributed by atoms with van der Waals surface area (Å²) >= 11 is 0. The topological polar surface area (TPSA) is 55.8 Å². The Bertz CT molecular complexity index is 597. The summed E-state index contributed by atoms with van der Waals surface area (Å²) in [5, 5.41) is 10.3. The van der Waals surface area contributed by atoms with E-state index >= 15 is 0 Å². The van der Waals surface area contributed by atoms with Crippen LogP contribution in [0.3, 0.4) is 0 Å². The van der Waals surface area contributed by atoms with Gasteiger partial charge in [-0.25, -0.2) is 4.79 Å². The third-order valence-corrected chi connectivity index (χ3v) is 3.49. The summed E-state index contributed by atoms with van der Waals surface area (Å²) in [6.07, 6.45) is -1.74. The number of aliphatic hydroxyl groups is 1. The molecule has 1 fully saturated rings. The van der Waals surface area contributed by atoms with Crippen LogP contribution in [0.5, 0.6) is 5.75 Å². The van der Waals surface area contributed by atoms with E-state index in [1.54, 1.807) is 12.1 Å². The fourth-order valence-corrected chi connectivity index (χ4v) is 2.40. The van der Waals surface area contributed by atoms with Gasteiger partial charge in [-0.2, -0.15) is 0 Å². The van der Waals surface area contributed by atoms with Crippen molar-refractivity contribution in [3.05, 3.63) is 66.2 Å². The molecule has 0 aliphatic carbocycles. The van der Waals surface area contributed by atoms with Crippen LogP contribution in [0.2, 0.25) is 0 Å². The van der Waals surface area contributed by atoms with E-state index in [-0.39, 0.29) is 0 Å². The summed E-state index contributed by atoms with van der Waals surface area (Å²) < 4.78 is 10.9. The van der Waals surface area contributed by atoms with Crippen molar-refractivity contribution in [2.24, 2.45) is 0 Å². The van der Waals surface area contributed by atoms with Gasteiger partial charge in [0, 0.05) is 6.42 Å². The van der Waals surface area contributed by atoms with Crippen LogP contribution in [0.1, 0.15) is 18.1 Å². The minimum Gasteiger partial charge on any atom is -0.479 e. The zero-order valence-electron chi connectivity index (χ0n) is 11.4. The van der Waals surface area contributed by atoms with E-state index < -0.39 is 24.3 Å². The maximum absolute atomic E-state index is 11.9. The largest absolute Gasteiger partial charge is 0.479 e. The van der Waals surface area contributed by atoms with Gasteiger partial charge in [0.1, 0.15) is 18.0 Å². The molecule has 4 heteroatoms. The van der Waals surface area contributed by atoms with Crippen LogP contribution in [-0.4, -0.2) is 23.3 Å². The normalized spacial score (nSPS) is 22.6. The number of cyclic esters (lactones) is 1. The number of ether oxygens (including phenoxy) is 2. The van der Waals surface area contributed by atoms with E-state index in [1.165, 1.54) is 0 Å². The molecule has 3 atom stereocenters. The maximum atomic E-state index is 11.9. The molecule has 0 aromatic heterocycles. The molecule has 2 aromatic rings. The molecule has 21 heavy (non-hydrogen) atoms. The molecule has 3 unspecified atom stereocenters. The standard InChI is InChI=1S/C17H16O4/c18-16(12-7-3-1-4-8-12)14-11-15(17(19)21-14)20-13-9-5-2-6-10-13/h1-10,14-16,18H,11H2. The first-order valence-electron chi connectivity index (χ1n) is 6.89. The van der Waals surface area contributed by atoms with E-state index in [0.29, 0.717) is 12.2 Å². The molecule has 1 heterocycles. The Morgan fingerprint density at radius 3 is 2.33 bits per heavy atom. The number of carbonyl (C=O) groups is 1.